The van der Waals surface area contributed by atoms with Gasteiger partial charge in [-0.1, -0.05) is 19.8 Å². The Labute approximate surface area is 105 Å². The van der Waals surface area contributed by atoms with Crippen LogP contribution in [0.15, 0.2) is 0 Å². The molecule has 0 aromatic heterocycles. The van der Waals surface area contributed by atoms with Gasteiger partial charge >= 0.3 is 0 Å². The molecule has 2 aliphatic carbocycles. The number of hydrogen-bond donors (Lipinski definition) is 2. The second kappa shape index (κ2) is 5.85. The Bertz CT molecular complexity index is 230. The molecule has 0 aromatic carbocycles. The maximum absolute atomic E-state index is 5.31. The Morgan fingerprint density at radius 1 is 1.00 bits per heavy atom. The molecule has 0 radical (unpaired) electrons. The highest BCUT2D eigenvalue weighted by Crippen LogP contribution is 2.27. The van der Waals surface area contributed by atoms with E-state index < -0.39 is 0 Å². The van der Waals surface area contributed by atoms with Crippen molar-refractivity contribution < 1.29 is 0 Å². The molecule has 0 saturated heterocycles. The summed E-state index contributed by atoms with van der Waals surface area (Å²) >= 11 is 5.31. The van der Waals surface area contributed by atoms with E-state index in [-0.39, 0.29) is 0 Å². The normalized spacial score (nSPS) is 29.8. The zero-order valence-corrected chi connectivity index (χ0v) is 11.1. The van der Waals surface area contributed by atoms with Gasteiger partial charge in [0.1, 0.15) is 0 Å². The summed E-state index contributed by atoms with van der Waals surface area (Å²) in [6.07, 6.45) is 10.7. The van der Waals surface area contributed by atoms with Gasteiger partial charge < -0.3 is 10.6 Å². The van der Waals surface area contributed by atoms with Crippen LogP contribution < -0.4 is 10.6 Å². The standard InChI is InChI=1S/C13H24N2S/c1-2-3-10-4-6-11(7-5-10)14-13(16)15-12-8-9-12/h10-12H,2-9H2,1H3,(H2,14,15,16). The fourth-order valence-corrected chi connectivity index (χ4v) is 2.98. The van der Waals surface area contributed by atoms with Crippen LogP contribution in [0.25, 0.3) is 0 Å². The van der Waals surface area contributed by atoms with Crippen molar-refractivity contribution in [2.24, 2.45) is 5.92 Å². The summed E-state index contributed by atoms with van der Waals surface area (Å²) in [6.45, 7) is 2.29. The Balaban J connectivity index is 1.62. The van der Waals surface area contributed by atoms with Gasteiger partial charge in [0.2, 0.25) is 0 Å². The largest absolute Gasteiger partial charge is 0.360 e. The van der Waals surface area contributed by atoms with Crippen LogP contribution in [-0.4, -0.2) is 17.2 Å². The molecular weight excluding hydrogens is 216 g/mol. The highest BCUT2D eigenvalue weighted by molar-refractivity contribution is 7.80. The van der Waals surface area contributed by atoms with Crippen LogP contribution in [0.1, 0.15) is 58.3 Å². The van der Waals surface area contributed by atoms with Gasteiger partial charge in [0.05, 0.1) is 0 Å². The van der Waals surface area contributed by atoms with Crippen LogP contribution in [0, 0.1) is 5.92 Å². The molecule has 0 aromatic rings. The van der Waals surface area contributed by atoms with E-state index in [4.69, 9.17) is 12.2 Å². The van der Waals surface area contributed by atoms with Gasteiger partial charge in [0.15, 0.2) is 5.11 Å². The van der Waals surface area contributed by atoms with Crippen molar-refractivity contribution in [3.05, 3.63) is 0 Å². The monoisotopic (exact) mass is 240 g/mol. The number of nitrogens with one attached hydrogen (secondary N) is 2. The predicted molar refractivity (Wildman–Crippen MR) is 72.5 cm³/mol. The molecule has 0 amide bonds. The minimum atomic E-state index is 0.631. The van der Waals surface area contributed by atoms with Crippen LogP contribution in [0.4, 0.5) is 0 Å². The maximum atomic E-state index is 5.31. The quantitative estimate of drug-likeness (QED) is 0.739. The number of thiocarbonyl (C=S) groups is 1. The minimum absolute atomic E-state index is 0.631. The van der Waals surface area contributed by atoms with Gasteiger partial charge in [-0.15, -0.1) is 0 Å². The number of rotatable bonds is 4. The second-order valence-electron chi connectivity index (χ2n) is 5.40. The summed E-state index contributed by atoms with van der Waals surface area (Å²) in [6, 6.07) is 1.31. The molecule has 2 nitrogen and oxygen atoms in total. The Hall–Kier alpha value is -0.310. The van der Waals surface area contributed by atoms with Gasteiger partial charge in [0.25, 0.3) is 0 Å². The highest BCUT2D eigenvalue weighted by atomic mass is 32.1. The third-order valence-corrected chi connectivity index (χ3v) is 4.03. The summed E-state index contributed by atoms with van der Waals surface area (Å²) < 4.78 is 0. The first-order valence-corrected chi connectivity index (χ1v) is 7.25. The molecule has 16 heavy (non-hydrogen) atoms. The summed E-state index contributed by atoms with van der Waals surface area (Å²) in [5.41, 5.74) is 0. The minimum Gasteiger partial charge on any atom is -0.360 e. The first-order valence-electron chi connectivity index (χ1n) is 6.85. The zero-order valence-electron chi connectivity index (χ0n) is 10.3. The van der Waals surface area contributed by atoms with Crippen molar-refractivity contribution in [1.29, 1.82) is 0 Å². The van der Waals surface area contributed by atoms with Crippen molar-refractivity contribution >= 4 is 17.3 Å². The van der Waals surface area contributed by atoms with Crippen molar-refractivity contribution in [1.82, 2.24) is 10.6 Å². The van der Waals surface area contributed by atoms with E-state index in [1.165, 1.54) is 51.4 Å². The summed E-state index contributed by atoms with van der Waals surface area (Å²) in [5, 5.41) is 7.72. The molecule has 92 valence electrons. The molecule has 0 heterocycles. The summed E-state index contributed by atoms with van der Waals surface area (Å²) in [7, 11) is 0. The molecule has 0 spiro atoms. The molecule has 3 heteroatoms. The number of hydrogen-bond acceptors (Lipinski definition) is 1. The molecule has 2 aliphatic rings. The molecular formula is C13H24N2S. The molecule has 2 fully saturated rings. The lowest BCUT2D eigenvalue weighted by Crippen LogP contribution is -2.44. The zero-order chi connectivity index (χ0) is 11.4. The van der Waals surface area contributed by atoms with Gasteiger partial charge in [-0.25, -0.2) is 0 Å². The highest BCUT2D eigenvalue weighted by Gasteiger charge is 2.24. The topological polar surface area (TPSA) is 24.1 Å². The Morgan fingerprint density at radius 2 is 1.50 bits per heavy atom. The average Bonchev–Trinajstić information content (AvgIpc) is 3.05. The van der Waals surface area contributed by atoms with E-state index in [1.807, 2.05) is 0 Å². The van der Waals surface area contributed by atoms with Crippen LogP contribution in [0.2, 0.25) is 0 Å². The molecule has 0 bridgehead atoms. The lowest BCUT2D eigenvalue weighted by molar-refractivity contribution is 0.295. The van der Waals surface area contributed by atoms with E-state index in [1.54, 1.807) is 0 Å². The molecule has 2 saturated carbocycles. The van der Waals surface area contributed by atoms with Crippen molar-refractivity contribution in [3.8, 4) is 0 Å². The molecule has 0 atom stereocenters. The van der Waals surface area contributed by atoms with Crippen LogP contribution >= 0.6 is 12.2 Å². The van der Waals surface area contributed by atoms with Gasteiger partial charge in [0, 0.05) is 12.1 Å². The van der Waals surface area contributed by atoms with E-state index in [0.717, 1.165) is 11.0 Å². The first-order chi connectivity index (χ1) is 7.78. The smallest absolute Gasteiger partial charge is 0.166 e. The third-order valence-electron chi connectivity index (χ3n) is 3.79. The van der Waals surface area contributed by atoms with Crippen LogP contribution in [0.3, 0.4) is 0 Å². The van der Waals surface area contributed by atoms with Crippen LogP contribution in [-0.2, 0) is 0 Å². The van der Waals surface area contributed by atoms with E-state index in [9.17, 15) is 0 Å². The molecule has 0 aliphatic heterocycles. The third kappa shape index (κ3) is 3.93. The van der Waals surface area contributed by atoms with E-state index in [0.29, 0.717) is 12.1 Å². The molecule has 2 rings (SSSR count). The van der Waals surface area contributed by atoms with Gasteiger partial charge in [-0.05, 0) is 56.7 Å². The van der Waals surface area contributed by atoms with E-state index >= 15 is 0 Å². The Morgan fingerprint density at radius 3 is 1.94 bits per heavy atom. The van der Waals surface area contributed by atoms with Gasteiger partial charge in [-0.3, -0.25) is 0 Å². The Kier molecular flexibility index (Phi) is 4.45. The van der Waals surface area contributed by atoms with Crippen molar-refractivity contribution in [2.45, 2.75) is 70.4 Å². The van der Waals surface area contributed by atoms with Crippen molar-refractivity contribution in [3.63, 3.8) is 0 Å². The first kappa shape index (κ1) is 12.2. The lowest BCUT2D eigenvalue weighted by atomic mass is 9.83. The average molecular weight is 240 g/mol. The SMILES string of the molecule is CCCC1CCC(NC(=S)NC2CC2)CC1. The maximum Gasteiger partial charge on any atom is 0.166 e. The fourth-order valence-electron chi connectivity index (χ4n) is 2.64. The van der Waals surface area contributed by atoms with Gasteiger partial charge in [-0.2, -0.15) is 0 Å². The van der Waals surface area contributed by atoms with Crippen molar-refractivity contribution in [2.75, 3.05) is 0 Å². The summed E-state index contributed by atoms with van der Waals surface area (Å²) in [5.74, 6) is 0.980. The fraction of sp³-hybridized carbons (Fsp3) is 0.923. The second-order valence-corrected chi connectivity index (χ2v) is 5.81. The van der Waals surface area contributed by atoms with E-state index in [2.05, 4.69) is 17.6 Å². The van der Waals surface area contributed by atoms with Crippen LogP contribution in [0.5, 0.6) is 0 Å². The lowest BCUT2D eigenvalue weighted by Gasteiger charge is -2.29. The molecule has 0 unspecified atom stereocenters. The summed E-state index contributed by atoms with van der Waals surface area (Å²) in [4.78, 5) is 0. The predicted octanol–water partition coefficient (Wildman–Crippen LogP) is 2.97. The molecule has 2 N–H and O–H groups in total.